The number of halogens is 2. The van der Waals surface area contributed by atoms with E-state index in [-0.39, 0.29) is 25.0 Å². The van der Waals surface area contributed by atoms with Gasteiger partial charge in [-0.3, -0.25) is 9.59 Å². The van der Waals surface area contributed by atoms with Gasteiger partial charge in [0, 0.05) is 17.5 Å². The molecule has 22 heavy (non-hydrogen) atoms. The molecule has 1 amide bonds. The largest absolute Gasteiger partial charge is 0.492 e. The van der Waals surface area contributed by atoms with Crippen LogP contribution in [0.4, 0.5) is 0 Å². The van der Waals surface area contributed by atoms with Gasteiger partial charge in [0.1, 0.15) is 5.75 Å². The molecular formula is C15H17Cl2NO4. The van der Waals surface area contributed by atoms with Gasteiger partial charge in [0.2, 0.25) is 0 Å². The van der Waals surface area contributed by atoms with E-state index in [9.17, 15) is 9.59 Å². The standard InChI is InChI=1S/C15H17Cl2NO4/c16-10-3-6-13(12(17)8-10)21-7-1-2-15(20)22-9-14(19)18-11-4-5-11/h3,6,8,11H,1-2,4-5,7,9H2,(H,18,19). The van der Waals surface area contributed by atoms with Crippen LogP contribution in [-0.4, -0.2) is 31.1 Å². The van der Waals surface area contributed by atoms with E-state index in [2.05, 4.69) is 5.32 Å². The lowest BCUT2D eigenvalue weighted by molar-refractivity contribution is -0.148. The fourth-order valence-corrected chi connectivity index (χ4v) is 2.17. The van der Waals surface area contributed by atoms with Gasteiger partial charge in [-0.2, -0.15) is 0 Å². The van der Waals surface area contributed by atoms with Crippen molar-refractivity contribution in [1.82, 2.24) is 5.32 Å². The summed E-state index contributed by atoms with van der Waals surface area (Å²) in [5, 5.41) is 3.70. The van der Waals surface area contributed by atoms with Gasteiger partial charge in [0.05, 0.1) is 11.6 Å². The number of ether oxygens (including phenoxy) is 2. The van der Waals surface area contributed by atoms with Crippen LogP contribution in [0.2, 0.25) is 10.0 Å². The highest BCUT2D eigenvalue weighted by Crippen LogP contribution is 2.27. The van der Waals surface area contributed by atoms with E-state index in [4.69, 9.17) is 32.7 Å². The van der Waals surface area contributed by atoms with Gasteiger partial charge in [0.25, 0.3) is 5.91 Å². The third-order valence-corrected chi connectivity index (χ3v) is 3.51. The number of hydrogen-bond acceptors (Lipinski definition) is 4. The Kier molecular flexibility index (Phi) is 6.34. The summed E-state index contributed by atoms with van der Waals surface area (Å²) in [6.45, 7) is 0.101. The quantitative estimate of drug-likeness (QED) is 0.581. The number of amides is 1. The van der Waals surface area contributed by atoms with Crippen LogP contribution in [0, 0.1) is 0 Å². The van der Waals surface area contributed by atoms with Gasteiger partial charge < -0.3 is 14.8 Å². The maximum atomic E-state index is 11.5. The molecule has 1 aromatic rings. The van der Waals surface area contributed by atoms with Gasteiger partial charge in [0.15, 0.2) is 6.61 Å². The molecule has 2 rings (SSSR count). The lowest BCUT2D eigenvalue weighted by Gasteiger charge is -2.08. The molecule has 0 atom stereocenters. The second kappa shape index (κ2) is 8.25. The van der Waals surface area contributed by atoms with Crippen molar-refractivity contribution in [2.24, 2.45) is 0 Å². The van der Waals surface area contributed by atoms with Crippen molar-refractivity contribution in [2.75, 3.05) is 13.2 Å². The zero-order valence-electron chi connectivity index (χ0n) is 11.9. The highest BCUT2D eigenvalue weighted by Gasteiger charge is 2.23. The van der Waals surface area contributed by atoms with Crippen LogP contribution in [-0.2, 0) is 14.3 Å². The molecule has 0 bridgehead atoms. The third kappa shape index (κ3) is 6.12. The first-order valence-corrected chi connectivity index (χ1v) is 7.83. The lowest BCUT2D eigenvalue weighted by atomic mass is 10.3. The summed E-state index contributed by atoms with van der Waals surface area (Å²) in [6, 6.07) is 5.20. The van der Waals surface area contributed by atoms with Gasteiger partial charge in [-0.25, -0.2) is 0 Å². The summed E-state index contributed by atoms with van der Waals surface area (Å²) in [5.41, 5.74) is 0. The topological polar surface area (TPSA) is 64.6 Å². The molecule has 0 unspecified atom stereocenters. The van der Waals surface area contributed by atoms with Gasteiger partial charge in [-0.1, -0.05) is 23.2 Å². The Morgan fingerprint density at radius 2 is 2.05 bits per heavy atom. The summed E-state index contributed by atoms with van der Waals surface area (Å²) in [4.78, 5) is 22.8. The van der Waals surface area contributed by atoms with Gasteiger partial charge in [-0.05, 0) is 37.5 Å². The van der Waals surface area contributed by atoms with Crippen molar-refractivity contribution in [1.29, 1.82) is 0 Å². The summed E-state index contributed by atoms with van der Waals surface area (Å²) < 4.78 is 10.3. The molecule has 0 heterocycles. The van der Waals surface area contributed by atoms with E-state index in [1.807, 2.05) is 0 Å². The Labute approximate surface area is 138 Å². The van der Waals surface area contributed by atoms with Crippen LogP contribution in [0.25, 0.3) is 0 Å². The average Bonchev–Trinajstić information content (AvgIpc) is 3.27. The monoisotopic (exact) mass is 345 g/mol. The van der Waals surface area contributed by atoms with Crippen molar-refractivity contribution in [3.05, 3.63) is 28.2 Å². The van der Waals surface area contributed by atoms with Crippen molar-refractivity contribution >= 4 is 35.1 Å². The predicted molar refractivity (Wildman–Crippen MR) is 83.3 cm³/mol. The number of carbonyl (C=O) groups is 2. The van der Waals surface area contributed by atoms with Gasteiger partial charge >= 0.3 is 5.97 Å². The number of carbonyl (C=O) groups excluding carboxylic acids is 2. The zero-order valence-corrected chi connectivity index (χ0v) is 13.5. The molecule has 0 spiro atoms. The minimum absolute atomic E-state index is 0.182. The normalized spacial score (nSPS) is 13.5. The molecule has 120 valence electrons. The minimum Gasteiger partial charge on any atom is -0.492 e. The Balaban J connectivity index is 1.57. The van der Waals surface area contributed by atoms with Crippen LogP contribution in [0.1, 0.15) is 25.7 Å². The predicted octanol–water partition coefficient (Wildman–Crippen LogP) is 2.97. The Hall–Kier alpha value is -1.46. The van der Waals surface area contributed by atoms with E-state index in [1.54, 1.807) is 18.2 Å². The van der Waals surface area contributed by atoms with Crippen LogP contribution in [0.5, 0.6) is 5.75 Å². The molecule has 0 aromatic heterocycles. The lowest BCUT2D eigenvalue weighted by Crippen LogP contribution is -2.30. The van der Waals surface area contributed by atoms with E-state index in [0.717, 1.165) is 12.8 Å². The molecule has 5 nitrogen and oxygen atoms in total. The molecule has 1 fully saturated rings. The molecule has 7 heteroatoms. The summed E-state index contributed by atoms with van der Waals surface area (Å²) in [7, 11) is 0. The first-order valence-electron chi connectivity index (χ1n) is 7.07. The number of benzene rings is 1. The van der Waals surface area contributed by atoms with Gasteiger partial charge in [-0.15, -0.1) is 0 Å². The van der Waals surface area contributed by atoms with E-state index in [0.29, 0.717) is 28.8 Å². The Morgan fingerprint density at radius 3 is 2.73 bits per heavy atom. The summed E-state index contributed by atoms with van der Waals surface area (Å²) >= 11 is 11.7. The third-order valence-electron chi connectivity index (χ3n) is 2.98. The van der Waals surface area contributed by atoms with E-state index < -0.39 is 5.97 Å². The van der Waals surface area contributed by atoms with Crippen molar-refractivity contribution < 1.29 is 19.1 Å². The van der Waals surface area contributed by atoms with Crippen LogP contribution in [0.3, 0.4) is 0 Å². The van der Waals surface area contributed by atoms with Crippen molar-refractivity contribution in [2.45, 2.75) is 31.7 Å². The number of hydrogen-bond donors (Lipinski definition) is 1. The van der Waals surface area contributed by atoms with Crippen LogP contribution >= 0.6 is 23.2 Å². The van der Waals surface area contributed by atoms with Crippen LogP contribution in [0.15, 0.2) is 18.2 Å². The molecule has 0 radical (unpaired) electrons. The first kappa shape index (κ1) is 16.9. The SMILES string of the molecule is O=C(COC(=O)CCCOc1ccc(Cl)cc1Cl)NC1CC1. The molecular weight excluding hydrogens is 329 g/mol. The second-order valence-corrected chi connectivity index (χ2v) is 5.87. The Morgan fingerprint density at radius 1 is 1.27 bits per heavy atom. The average molecular weight is 346 g/mol. The molecule has 1 aliphatic rings. The number of esters is 1. The first-order chi connectivity index (χ1) is 10.5. The highest BCUT2D eigenvalue weighted by molar-refractivity contribution is 6.35. The fraction of sp³-hybridized carbons (Fsp3) is 0.467. The molecule has 0 aliphatic heterocycles. The van der Waals surface area contributed by atoms with Crippen molar-refractivity contribution in [3.8, 4) is 5.75 Å². The summed E-state index contributed by atoms with van der Waals surface area (Å²) in [6.07, 6.45) is 2.67. The maximum Gasteiger partial charge on any atom is 0.306 e. The molecule has 1 N–H and O–H groups in total. The molecule has 1 aromatic carbocycles. The van der Waals surface area contributed by atoms with Crippen LogP contribution < -0.4 is 10.1 Å². The maximum absolute atomic E-state index is 11.5. The second-order valence-electron chi connectivity index (χ2n) is 5.03. The molecule has 0 saturated heterocycles. The number of nitrogens with one attached hydrogen (secondary N) is 1. The fourth-order valence-electron chi connectivity index (χ4n) is 1.71. The minimum atomic E-state index is -0.420. The molecule has 1 saturated carbocycles. The number of rotatable bonds is 8. The zero-order chi connectivity index (χ0) is 15.9. The highest BCUT2D eigenvalue weighted by atomic mass is 35.5. The summed E-state index contributed by atoms with van der Waals surface area (Å²) in [5.74, 6) is -0.153. The van der Waals surface area contributed by atoms with E-state index >= 15 is 0 Å². The molecule has 1 aliphatic carbocycles. The van der Waals surface area contributed by atoms with E-state index in [1.165, 1.54) is 0 Å². The van der Waals surface area contributed by atoms with Crippen molar-refractivity contribution in [3.63, 3.8) is 0 Å². The smallest absolute Gasteiger partial charge is 0.306 e. The Bertz CT molecular complexity index is 546.